The molecule has 0 bridgehead atoms. The van der Waals surface area contributed by atoms with Gasteiger partial charge < -0.3 is 10.1 Å². The lowest BCUT2D eigenvalue weighted by atomic mass is 9.71. The molecule has 3 unspecified atom stereocenters. The number of hydrogen-bond donors (Lipinski definition) is 1. The number of methoxy groups -OCH3 is 1. The molecule has 1 N–H and O–H groups in total. The van der Waals surface area contributed by atoms with Crippen molar-refractivity contribution in [3.05, 3.63) is 0 Å². The van der Waals surface area contributed by atoms with Crippen molar-refractivity contribution in [3.8, 4) is 0 Å². The molecule has 2 saturated carbocycles. The van der Waals surface area contributed by atoms with Gasteiger partial charge in [-0.05, 0) is 30.6 Å². The maximum Gasteiger partial charge on any atom is 0.0499 e. The minimum absolute atomic E-state index is 0.638. The first-order valence-electron chi connectivity index (χ1n) is 8.53. The van der Waals surface area contributed by atoms with E-state index < -0.39 is 0 Å². The maximum atomic E-state index is 5.25. The van der Waals surface area contributed by atoms with Gasteiger partial charge >= 0.3 is 0 Å². The Labute approximate surface area is 119 Å². The van der Waals surface area contributed by atoms with E-state index in [1.165, 1.54) is 57.8 Å². The van der Waals surface area contributed by atoms with Crippen LogP contribution in [-0.4, -0.2) is 26.3 Å². The van der Waals surface area contributed by atoms with Gasteiger partial charge in [0.15, 0.2) is 0 Å². The Hall–Kier alpha value is -0.0800. The molecule has 0 amide bonds. The third-order valence-electron chi connectivity index (χ3n) is 5.25. The van der Waals surface area contributed by atoms with Crippen LogP contribution in [0.4, 0.5) is 0 Å². The van der Waals surface area contributed by atoms with Crippen molar-refractivity contribution in [2.75, 3.05) is 20.3 Å². The summed E-state index contributed by atoms with van der Waals surface area (Å²) in [7, 11) is 1.81. The molecule has 2 fully saturated rings. The zero-order chi connectivity index (χ0) is 13.5. The van der Waals surface area contributed by atoms with Gasteiger partial charge in [-0.2, -0.15) is 0 Å². The van der Waals surface area contributed by atoms with Crippen LogP contribution in [0.3, 0.4) is 0 Å². The van der Waals surface area contributed by atoms with Crippen LogP contribution < -0.4 is 5.32 Å². The van der Waals surface area contributed by atoms with E-state index in [4.69, 9.17) is 4.74 Å². The van der Waals surface area contributed by atoms with E-state index in [0.29, 0.717) is 5.92 Å². The molecule has 0 heterocycles. The first-order chi connectivity index (χ1) is 9.31. The molecule has 2 aliphatic carbocycles. The van der Waals surface area contributed by atoms with Crippen LogP contribution in [0, 0.1) is 17.8 Å². The van der Waals surface area contributed by atoms with Gasteiger partial charge in [0.1, 0.15) is 0 Å². The fourth-order valence-corrected chi connectivity index (χ4v) is 4.24. The number of rotatable bonds is 6. The van der Waals surface area contributed by atoms with E-state index in [1.54, 1.807) is 0 Å². The summed E-state index contributed by atoms with van der Waals surface area (Å²) in [6, 6.07) is 0.788. The molecule has 112 valence electrons. The standard InChI is InChI=1S/C17H33NO/c1-14(13-19-2)12-18-17-11-7-6-10-16(17)15-8-4-3-5-9-15/h14-18H,3-13H2,1-2H3. The van der Waals surface area contributed by atoms with E-state index in [9.17, 15) is 0 Å². The fraction of sp³-hybridized carbons (Fsp3) is 1.00. The summed E-state index contributed by atoms with van der Waals surface area (Å²) in [5.74, 6) is 2.62. The second-order valence-electron chi connectivity index (χ2n) is 6.92. The highest BCUT2D eigenvalue weighted by Gasteiger charge is 2.32. The average Bonchev–Trinajstić information content (AvgIpc) is 2.47. The molecular weight excluding hydrogens is 234 g/mol. The third kappa shape index (κ3) is 4.75. The molecule has 0 aromatic rings. The van der Waals surface area contributed by atoms with Gasteiger partial charge in [0.05, 0.1) is 0 Å². The average molecular weight is 267 g/mol. The molecule has 0 radical (unpaired) electrons. The molecule has 0 spiro atoms. The van der Waals surface area contributed by atoms with Gasteiger partial charge in [-0.15, -0.1) is 0 Å². The summed E-state index contributed by atoms with van der Waals surface area (Å²) in [6.45, 7) is 4.30. The summed E-state index contributed by atoms with van der Waals surface area (Å²) >= 11 is 0. The van der Waals surface area contributed by atoms with Crippen LogP contribution in [0.25, 0.3) is 0 Å². The molecule has 0 aromatic heterocycles. The Morgan fingerprint density at radius 2 is 1.68 bits per heavy atom. The van der Waals surface area contributed by atoms with E-state index in [0.717, 1.165) is 31.0 Å². The monoisotopic (exact) mass is 267 g/mol. The fourth-order valence-electron chi connectivity index (χ4n) is 4.24. The van der Waals surface area contributed by atoms with Crippen LogP contribution in [0.2, 0.25) is 0 Å². The molecule has 2 nitrogen and oxygen atoms in total. The van der Waals surface area contributed by atoms with E-state index in [1.807, 2.05) is 7.11 Å². The van der Waals surface area contributed by atoms with Crippen LogP contribution in [0.1, 0.15) is 64.7 Å². The zero-order valence-corrected chi connectivity index (χ0v) is 13.0. The highest BCUT2D eigenvalue weighted by atomic mass is 16.5. The molecular formula is C17H33NO. The topological polar surface area (TPSA) is 21.3 Å². The number of hydrogen-bond acceptors (Lipinski definition) is 2. The predicted octanol–water partition coefficient (Wildman–Crippen LogP) is 4.00. The number of ether oxygens (including phenoxy) is 1. The Morgan fingerprint density at radius 3 is 2.42 bits per heavy atom. The lowest BCUT2D eigenvalue weighted by Crippen LogP contribution is -2.44. The summed E-state index contributed by atoms with van der Waals surface area (Å²) in [5.41, 5.74) is 0. The van der Waals surface area contributed by atoms with Crippen molar-refractivity contribution < 1.29 is 4.74 Å². The van der Waals surface area contributed by atoms with Crippen molar-refractivity contribution in [1.29, 1.82) is 0 Å². The van der Waals surface area contributed by atoms with Gasteiger partial charge in [-0.25, -0.2) is 0 Å². The second-order valence-corrected chi connectivity index (χ2v) is 6.92. The van der Waals surface area contributed by atoms with Gasteiger partial charge in [0, 0.05) is 26.3 Å². The smallest absolute Gasteiger partial charge is 0.0499 e. The largest absolute Gasteiger partial charge is 0.384 e. The Kier molecular flexibility index (Phi) is 6.66. The predicted molar refractivity (Wildman–Crippen MR) is 81.4 cm³/mol. The first-order valence-corrected chi connectivity index (χ1v) is 8.53. The van der Waals surface area contributed by atoms with Gasteiger partial charge in [-0.1, -0.05) is 51.9 Å². The van der Waals surface area contributed by atoms with Crippen LogP contribution in [0.15, 0.2) is 0 Å². The molecule has 19 heavy (non-hydrogen) atoms. The Bertz CT molecular complexity index is 237. The Morgan fingerprint density at radius 1 is 1.00 bits per heavy atom. The van der Waals surface area contributed by atoms with Crippen molar-refractivity contribution in [2.24, 2.45) is 17.8 Å². The normalized spacial score (nSPS) is 31.3. The van der Waals surface area contributed by atoms with Crippen molar-refractivity contribution in [2.45, 2.75) is 70.8 Å². The third-order valence-corrected chi connectivity index (χ3v) is 5.25. The van der Waals surface area contributed by atoms with E-state index >= 15 is 0 Å². The molecule has 3 atom stereocenters. The number of nitrogens with one attached hydrogen (secondary N) is 1. The van der Waals surface area contributed by atoms with E-state index in [2.05, 4.69) is 12.2 Å². The second kappa shape index (κ2) is 8.26. The molecule has 2 aliphatic rings. The summed E-state index contributed by atoms with van der Waals surface area (Å²) < 4.78 is 5.25. The first kappa shape index (κ1) is 15.3. The maximum absolute atomic E-state index is 5.25. The van der Waals surface area contributed by atoms with Crippen molar-refractivity contribution in [3.63, 3.8) is 0 Å². The zero-order valence-electron chi connectivity index (χ0n) is 13.0. The highest BCUT2D eigenvalue weighted by molar-refractivity contribution is 4.87. The quantitative estimate of drug-likeness (QED) is 0.785. The van der Waals surface area contributed by atoms with Gasteiger partial charge in [-0.3, -0.25) is 0 Å². The van der Waals surface area contributed by atoms with Crippen LogP contribution in [-0.2, 0) is 4.74 Å². The minimum Gasteiger partial charge on any atom is -0.384 e. The Balaban J connectivity index is 1.81. The molecule has 0 saturated heterocycles. The van der Waals surface area contributed by atoms with Gasteiger partial charge in [0.25, 0.3) is 0 Å². The molecule has 0 aromatic carbocycles. The lowest BCUT2D eigenvalue weighted by molar-refractivity contribution is 0.129. The van der Waals surface area contributed by atoms with Crippen LogP contribution >= 0.6 is 0 Å². The van der Waals surface area contributed by atoms with Crippen LogP contribution in [0.5, 0.6) is 0 Å². The van der Waals surface area contributed by atoms with Crippen molar-refractivity contribution in [1.82, 2.24) is 5.32 Å². The minimum atomic E-state index is 0.638. The summed E-state index contributed by atoms with van der Waals surface area (Å²) in [5, 5.41) is 3.87. The molecule has 2 heteroatoms. The van der Waals surface area contributed by atoms with E-state index in [-0.39, 0.29) is 0 Å². The van der Waals surface area contributed by atoms with Gasteiger partial charge in [0.2, 0.25) is 0 Å². The SMILES string of the molecule is COCC(C)CNC1CCCCC1C1CCCCC1. The molecule has 0 aliphatic heterocycles. The lowest BCUT2D eigenvalue weighted by Gasteiger charge is -2.40. The summed E-state index contributed by atoms with van der Waals surface area (Å²) in [4.78, 5) is 0. The highest BCUT2D eigenvalue weighted by Crippen LogP contribution is 2.38. The molecule has 2 rings (SSSR count). The summed E-state index contributed by atoms with van der Waals surface area (Å²) in [6.07, 6.45) is 13.2. The van der Waals surface area contributed by atoms with Crippen molar-refractivity contribution >= 4 is 0 Å².